The third kappa shape index (κ3) is 5.80. The van der Waals surface area contributed by atoms with Crippen molar-refractivity contribution in [3.8, 4) is 0 Å². The number of hydrogen-bond donors (Lipinski definition) is 1. The molecule has 1 unspecified atom stereocenters. The van der Waals surface area contributed by atoms with Gasteiger partial charge in [-0.05, 0) is 50.7 Å². The number of likely N-dealkylation sites (tertiary alicyclic amines) is 1. The van der Waals surface area contributed by atoms with Crippen LogP contribution in [-0.2, 0) is 36.7 Å². The lowest BCUT2D eigenvalue weighted by molar-refractivity contribution is -0.152. The maximum atomic E-state index is 13.0. The number of ether oxygens (including phenoxy) is 2. The molecule has 3 atom stereocenters. The summed E-state index contributed by atoms with van der Waals surface area (Å²) in [6.45, 7) is 4.31. The number of thioether (sulfide) groups is 1. The highest BCUT2D eigenvalue weighted by Crippen LogP contribution is 2.30. The summed E-state index contributed by atoms with van der Waals surface area (Å²) >= 11 is 1.74. The summed E-state index contributed by atoms with van der Waals surface area (Å²) in [5, 5.41) is 3.57. The number of rotatable bonds is 9. The van der Waals surface area contributed by atoms with Gasteiger partial charge in [0.25, 0.3) is 0 Å². The Bertz CT molecular complexity index is 777. The molecule has 0 bridgehead atoms. The summed E-state index contributed by atoms with van der Waals surface area (Å²) in [6.07, 6.45) is 3.33. The summed E-state index contributed by atoms with van der Waals surface area (Å²) in [5.41, 5.74) is 2.74. The number of methoxy groups -OCH3 is 1. The van der Waals surface area contributed by atoms with Crippen molar-refractivity contribution in [1.29, 1.82) is 0 Å². The van der Waals surface area contributed by atoms with Gasteiger partial charge in [-0.2, -0.15) is 11.8 Å². The van der Waals surface area contributed by atoms with Gasteiger partial charge in [-0.15, -0.1) is 0 Å². The molecule has 1 amide bonds. The summed E-state index contributed by atoms with van der Waals surface area (Å²) in [4.78, 5) is 39.1. The fraction of sp³-hybridized carbons (Fsp3) is 0.609. The van der Waals surface area contributed by atoms with Crippen molar-refractivity contribution in [3.63, 3.8) is 0 Å². The Morgan fingerprint density at radius 3 is 2.52 bits per heavy atom. The molecule has 31 heavy (non-hydrogen) atoms. The van der Waals surface area contributed by atoms with Gasteiger partial charge < -0.3 is 14.4 Å². The zero-order valence-corrected chi connectivity index (χ0v) is 19.3. The SMILES string of the molecule is CCOC(=O)[C@H](CSC1Cc2ccccc2C1)NC(C)C(=O)N1CCC[C@H]1C(=O)OC. The highest BCUT2D eigenvalue weighted by molar-refractivity contribution is 8.00. The van der Waals surface area contributed by atoms with E-state index >= 15 is 0 Å². The molecule has 8 heteroatoms. The van der Waals surface area contributed by atoms with E-state index in [0.717, 1.165) is 19.3 Å². The van der Waals surface area contributed by atoms with Gasteiger partial charge in [-0.1, -0.05) is 24.3 Å². The smallest absolute Gasteiger partial charge is 0.328 e. The van der Waals surface area contributed by atoms with Gasteiger partial charge in [-0.3, -0.25) is 14.9 Å². The highest BCUT2D eigenvalue weighted by Gasteiger charge is 2.38. The number of benzene rings is 1. The van der Waals surface area contributed by atoms with Crippen molar-refractivity contribution in [1.82, 2.24) is 10.2 Å². The van der Waals surface area contributed by atoms with Crippen molar-refractivity contribution in [2.45, 2.75) is 62.9 Å². The first-order valence-corrected chi connectivity index (χ1v) is 12.0. The van der Waals surface area contributed by atoms with E-state index in [1.54, 1.807) is 30.5 Å². The van der Waals surface area contributed by atoms with Gasteiger partial charge in [0.1, 0.15) is 12.1 Å². The normalized spacial score (nSPS) is 20.2. The zero-order chi connectivity index (χ0) is 22.4. The molecule has 1 fully saturated rings. The van der Waals surface area contributed by atoms with Crippen LogP contribution in [0.15, 0.2) is 24.3 Å². The molecule has 170 valence electrons. The summed E-state index contributed by atoms with van der Waals surface area (Å²) in [5.74, 6) is -0.414. The number of carbonyl (C=O) groups is 3. The number of esters is 2. The lowest BCUT2D eigenvalue weighted by atomic mass is 10.1. The maximum Gasteiger partial charge on any atom is 0.328 e. The first-order valence-electron chi connectivity index (χ1n) is 10.9. The van der Waals surface area contributed by atoms with E-state index in [9.17, 15) is 14.4 Å². The zero-order valence-electron chi connectivity index (χ0n) is 18.5. The van der Waals surface area contributed by atoms with Crippen LogP contribution in [0, 0.1) is 0 Å². The molecule has 1 aromatic rings. The van der Waals surface area contributed by atoms with E-state index < -0.39 is 24.1 Å². The maximum absolute atomic E-state index is 13.0. The molecule has 0 aromatic heterocycles. The molecule has 1 N–H and O–H groups in total. The van der Waals surface area contributed by atoms with Gasteiger partial charge >= 0.3 is 11.9 Å². The third-order valence-electron chi connectivity index (χ3n) is 5.91. The first kappa shape index (κ1) is 23.6. The molecule has 3 rings (SSSR count). The van der Waals surface area contributed by atoms with E-state index in [1.165, 1.54) is 18.2 Å². The topological polar surface area (TPSA) is 84.9 Å². The van der Waals surface area contributed by atoms with Crippen molar-refractivity contribution in [3.05, 3.63) is 35.4 Å². The largest absolute Gasteiger partial charge is 0.467 e. The van der Waals surface area contributed by atoms with Gasteiger partial charge in [-0.25, -0.2) is 4.79 Å². The molecule has 1 aromatic carbocycles. The van der Waals surface area contributed by atoms with Gasteiger partial charge in [0, 0.05) is 17.5 Å². The Kier molecular flexibility index (Phi) is 8.37. The van der Waals surface area contributed by atoms with Crippen LogP contribution in [0.25, 0.3) is 0 Å². The van der Waals surface area contributed by atoms with Crippen LogP contribution in [0.3, 0.4) is 0 Å². The molecule has 0 radical (unpaired) electrons. The van der Waals surface area contributed by atoms with Crippen LogP contribution in [0.5, 0.6) is 0 Å². The lowest BCUT2D eigenvalue weighted by Crippen LogP contribution is -2.54. The van der Waals surface area contributed by atoms with Gasteiger partial charge in [0.15, 0.2) is 0 Å². The van der Waals surface area contributed by atoms with Crippen LogP contribution in [0.1, 0.15) is 37.8 Å². The molecule has 0 spiro atoms. The second kappa shape index (κ2) is 11.0. The van der Waals surface area contributed by atoms with Crippen molar-refractivity contribution < 1.29 is 23.9 Å². The molecule has 1 heterocycles. The second-order valence-electron chi connectivity index (χ2n) is 8.04. The second-order valence-corrected chi connectivity index (χ2v) is 9.37. The molecular weight excluding hydrogens is 416 g/mol. The van der Waals surface area contributed by atoms with Crippen LogP contribution < -0.4 is 5.32 Å². The monoisotopic (exact) mass is 448 g/mol. The molecule has 0 saturated carbocycles. The number of nitrogens with one attached hydrogen (secondary N) is 1. The van der Waals surface area contributed by atoms with E-state index in [1.807, 2.05) is 0 Å². The fourth-order valence-corrected chi connectivity index (χ4v) is 5.62. The molecule has 2 aliphatic rings. The van der Waals surface area contributed by atoms with Crippen molar-refractivity contribution in [2.75, 3.05) is 26.0 Å². The van der Waals surface area contributed by atoms with Gasteiger partial charge in [0.2, 0.25) is 5.91 Å². The molecule has 1 aliphatic heterocycles. The van der Waals surface area contributed by atoms with E-state index in [0.29, 0.717) is 24.0 Å². The van der Waals surface area contributed by atoms with E-state index in [4.69, 9.17) is 9.47 Å². The summed E-state index contributed by atoms with van der Waals surface area (Å²) in [6, 6.07) is 6.68. The number of nitrogens with zero attached hydrogens (tertiary/aromatic N) is 1. The van der Waals surface area contributed by atoms with Gasteiger partial charge in [0.05, 0.1) is 19.8 Å². The third-order valence-corrected chi connectivity index (χ3v) is 7.24. The molecule has 1 saturated heterocycles. The van der Waals surface area contributed by atoms with Crippen LogP contribution in [-0.4, -0.2) is 72.1 Å². The number of carbonyl (C=O) groups excluding carboxylic acids is 3. The quantitative estimate of drug-likeness (QED) is 0.578. The summed E-state index contributed by atoms with van der Waals surface area (Å²) < 4.78 is 10.1. The Labute approximate surface area is 188 Å². The predicted molar refractivity (Wildman–Crippen MR) is 120 cm³/mol. The van der Waals surface area contributed by atoms with E-state index in [-0.39, 0.29) is 18.5 Å². The van der Waals surface area contributed by atoms with Crippen molar-refractivity contribution in [2.24, 2.45) is 0 Å². The van der Waals surface area contributed by atoms with Crippen molar-refractivity contribution >= 4 is 29.6 Å². The van der Waals surface area contributed by atoms with Crippen LogP contribution in [0.4, 0.5) is 0 Å². The molecule has 7 nitrogen and oxygen atoms in total. The van der Waals surface area contributed by atoms with Crippen LogP contribution >= 0.6 is 11.8 Å². The highest BCUT2D eigenvalue weighted by atomic mass is 32.2. The number of fused-ring (bicyclic) bond motifs is 1. The standard InChI is InChI=1S/C23H32N2O5S/c1-4-30-22(27)19(14-31-18-12-16-8-5-6-9-17(16)13-18)24-15(2)21(26)25-11-7-10-20(25)23(28)29-3/h5-6,8-9,15,18-20,24H,4,7,10-14H2,1-3H3/t15?,19-,20-/m0/s1. The molecule has 1 aliphatic carbocycles. The first-order chi connectivity index (χ1) is 14.9. The minimum absolute atomic E-state index is 0.194. The average molecular weight is 449 g/mol. The minimum Gasteiger partial charge on any atom is -0.467 e. The average Bonchev–Trinajstić information content (AvgIpc) is 3.42. The Hall–Kier alpha value is -2.06. The van der Waals surface area contributed by atoms with E-state index in [2.05, 4.69) is 29.6 Å². The van der Waals surface area contributed by atoms with Crippen LogP contribution in [0.2, 0.25) is 0 Å². The predicted octanol–water partition coefficient (Wildman–Crippen LogP) is 1.96. The Morgan fingerprint density at radius 2 is 1.90 bits per heavy atom. The lowest BCUT2D eigenvalue weighted by Gasteiger charge is -2.28. The number of hydrogen-bond acceptors (Lipinski definition) is 7. The molecular formula is C23H32N2O5S. The number of amides is 1. The summed E-state index contributed by atoms with van der Waals surface area (Å²) in [7, 11) is 1.33. The fourth-order valence-electron chi connectivity index (χ4n) is 4.33. The Morgan fingerprint density at radius 1 is 1.23 bits per heavy atom. The Balaban J connectivity index is 1.59. The minimum atomic E-state index is -0.610.